The summed E-state index contributed by atoms with van der Waals surface area (Å²) in [7, 11) is -0.136. The largest absolute Gasteiger partial charge is 0.573 e. The van der Waals surface area contributed by atoms with Crippen molar-refractivity contribution in [2.24, 2.45) is 0 Å². The molecule has 9 rings (SSSR count). The van der Waals surface area contributed by atoms with E-state index >= 15 is 0 Å². The van der Waals surface area contributed by atoms with Crippen LogP contribution in [0.15, 0.2) is 89.4 Å². The van der Waals surface area contributed by atoms with E-state index in [1.165, 1.54) is 23.3 Å². The Kier molecular flexibility index (Phi) is 12.7. The molecule has 4 aromatic carbocycles. The van der Waals surface area contributed by atoms with Crippen LogP contribution in [0.4, 0.5) is 13.2 Å². The number of nitrogens with zero attached hydrogens (tertiary/aromatic N) is 6. The third-order valence-electron chi connectivity index (χ3n) is 10.9. The first-order chi connectivity index (χ1) is 28.5. The summed E-state index contributed by atoms with van der Waals surface area (Å²) in [5.74, 6) is 3.04. The summed E-state index contributed by atoms with van der Waals surface area (Å²) in [5.41, 5.74) is 8.23. The van der Waals surface area contributed by atoms with Crippen molar-refractivity contribution < 1.29 is 36.7 Å². The molecule has 0 aliphatic carbocycles. The minimum absolute atomic E-state index is 0.136. The van der Waals surface area contributed by atoms with Crippen molar-refractivity contribution in [1.29, 1.82) is 0 Å². The standard InChI is InChI=1S/C19H16F3N3O2.C14H21BO2.C11H10BrN3O/c1-12-23-24-18-11-26-10-16-14(3-2-4-17(16)25(12)18)9-13-5-7-15(8-6-13)27-19(20,21)22;1-11-6-8-12(9-7-11)10-15-16-13(2,3)14(4,5)17-15;1-7-13-14-11-6-16-5-8-9(12)3-2-4-10(8)15(7)11/h2-8H,9-11H2,1H3;6-9H,10H2,1-5H3;2-4H,5-6H2,1H3. The molecule has 0 radical (unpaired) electrons. The second-order valence-corrected chi connectivity index (χ2v) is 16.7. The number of halogens is 4. The number of aromatic nitrogens is 6. The quantitative estimate of drug-likeness (QED) is 0.157. The second-order valence-electron chi connectivity index (χ2n) is 15.9. The van der Waals surface area contributed by atoms with Gasteiger partial charge in [0.2, 0.25) is 0 Å². The lowest BCUT2D eigenvalue weighted by Crippen LogP contribution is -2.41. The van der Waals surface area contributed by atoms with Crippen molar-refractivity contribution >= 4 is 23.0 Å². The highest BCUT2D eigenvalue weighted by molar-refractivity contribution is 9.10. The fraction of sp³-hybridized carbons (Fsp3) is 0.364. The maximum atomic E-state index is 12.3. The molecular weight excluding hydrogens is 840 g/mol. The summed E-state index contributed by atoms with van der Waals surface area (Å²) in [6.45, 7) is 16.2. The molecule has 0 unspecified atom stereocenters. The summed E-state index contributed by atoms with van der Waals surface area (Å²) in [6, 6.07) is 26.5. The number of rotatable bonds is 5. The Morgan fingerprint density at radius 3 is 1.75 bits per heavy atom. The molecule has 60 heavy (non-hydrogen) atoms. The molecule has 5 heterocycles. The SMILES string of the molecule is Cc1ccc(CB2OC(C)(C)C(C)(C)O2)cc1.Cc1nnc2n1-c1cccc(Br)c1COC2.Cc1nnc2n1-c1cccc(Cc3ccc(OC(F)(F)F)cc3)c1COC2. The molecule has 6 aromatic rings. The monoisotopic (exact) mass is 886 g/mol. The Bertz CT molecular complexity index is 2420. The van der Waals surface area contributed by atoms with Gasteiger partial charge in [0, 0.05) is 21.9 Å². The Hall–Kier alpha value is -4.87. The van der Waals surface area contributed by atoms with E-state index in [0.717, 1.165) is 67.7 Å². The summed E-state index contributed by atoms with van der Waals surface area (Å²) in [6.07, 6.45) is -3.31. The lowest BCUT2D eigenvalue weighted by Gasteiger charge is -2.32. The predicted molar refractivity (Wildman–Crippen MR) is 224 cm³/mol. The first-order valence-corrected chi connectivity index (χ1v) is 20.4. The third-order valence-corrected chi connectivity index (χ3v) is 11.7. The van der Waals surface area contributed by atoms with Crippen molar-refractivity contribution in [2.45, 2.75) is 105 Å². The number of benzene rings is 4. The third kappa shape index (κ3) is 9.84. The maximum absolute atomic E-state index is 12.3. The summed E-state index contributed by atoms with van der Waals surface area (Å²) in [5, 5.41) is 16.5. The average molecular weight is 888 g/mol. The van der Waals surface area contributed by atoms with Gasteiger partial charge in [0.05, 0.1) is 35.8 Å². The van der Waals surface area contributed by atoms with Gasteiger partial charge in [-0.05, 0) is 102 Å². The van der Waals surface area contributed by atoms with Crippen LogP contribution < -0.4 is 4.74 Å². The number of fused-ring (bicyclic) bond motifs is 6. The lowest BCUT2D eigenvalue weighted by molar-refractivity contribution is -0.274. The molecule has 16 heteroatoms. The topological polar surface area (TPSA) is 108 Å². The Morgan fingerprint density at radius 1 is 0.667 bits per heavy atom. The molecule has 0 spiro atoms. The zero-order chi connectivity index (χ0) is 42.8. The van der Waals surface area contributed by atoms with Crippen LogP contribution in [0.2, 0.25) is 0 Å². The van der Waals surface area contributed by atoms with Gasteiger partial charge in [-0.15, -0.1) is 33.6 Å². The highest BCUT2D eigenvalue weighted by Crippen LogP contribution is 2.37. The number of aryl methyl sites for hydroxylation is 3. The molecule has 0 bridgehead atoms. The molecule has 1 fully saturated rings. The van der Waals surface area contributed by atoms with Crippen LogP contribution in [0.3, 0.4) is 0 Å². The second kappa shape index (κ2) is 17.6. The van der Waals surface area contributed by atoms with Gasteiger partial charge in [0.15, 0.2) is 11.6 Å². The Labute approximate surface area is 356 Å². The van der Waals surface area contributed by atoms with E-state index in [9.17, 15) is 13.2 Å². The van der Waals surface area contributed by atoms with Crippen molar-refractivity contribution in [2.75, 3.05) is 0 Å². The van der Waals surface area contributed by atoms with Gasteiger partial charge in [-0.1, -0.05) is 76.1 Å². The van der Waals surface area contributed by atoms with Crippen LogP contribution in [-0.2, 0) is 58.0 Å². The molecule has 0 N–H and O–H groups in total. The first-order valence-electron chi connectivity index (χ1n) is 19.6. The molecule has 2 aromatic heterocycles. The molecule has 11 nitrogen and oxygen atoms in total. The molecule has 314 valence electrons. The van der Waals surface area contributed by atoms with Gasteiger partial charge in [-0.25, -0.2) is 0 Å². The fourth-order valence-electron chi connectivity index (χ4n) is 7.17. The molecule has 3 aliphatic rings. The molecular formula is C44H47BBrF3N6O5. The van der Waals surface area contributed by atoms with E-state index in [0.29, 0.717) is 32.8 Å². The Balaban J connectivity index is 0.000000143. The van der Waals surface area contributed by atoms with Gasteiger partial charge in [-0.2, -0.15) is 0 Å². The van der Waals surface area contributed by atoms with Crippen molar-refractivity contribution in [3.05, 3.63) is 146 Å². The Morgan fingerprint density at radius 2 is 1.18 bits per heavy atom. The number of hydrogen-bond acceptors (Lipinski definition) is 9. The van der Waals surface area contributed by atoms with E-state index in [1.54, 1.807) is 12.1 Å². The summed E-state index contributed by atoms with van der Waals surface area (Å²) < 4.78 is 69.2. The van der Waals surface area contributed by atoms with Crippen LogP contribution in [-0.4, -0.2) is 54.2 Å². The zero-order valence-corrected chi connectivity index (χ0v) is 36.2. The van der Waals surface area contributed by atoms with E-state index in [4.69, 9.17) is 18.8 Å². The fourth-order valence-corrected chi connectivity index (χ4v) is 7.64. The maximum Gasteiger partial charge on any atom is 0.573 e. The summed E-state index contributed by atoms with van der Waals surface area (Å²) >= 11 is 3.55. The minimum Gasteiger partial charge on any atom is -0.406 e. The zero-order valence-electron chi connectivity index (χ0n) is 34.6. The molecule has 0 atom stereocenters. The predicted octanol–water partition coefficient (Wildman–Crippen LogP) is 9.63. The van der Waals surface area contributed by atoms with Crippen LogP contribution in [0.1, 0.15) is 84.4 Å². The van der Waals surface area contributed by atoms with Gasteiger partial charge < -0.3 is 23.5 Å². The van der Waals surface area contributed by atoms with Crippen LogP contribution in [0.25, 0.3) is 11.4 Å². The van der Waals surface area contributed by atoms with E-state index in [1.807, 2.05) is 53.3 Å². The molecule has 0 saturated carbocycles. The van der Waals surface area contributed by atoms with Gasteiger partial charge >= 0.3 is 13.5 Å². The van der Waals surface area contributed by atoms with Crippen LogP contribution in [0, 0.1) is 20.8 Å². The van der Waals surface area contributed by atoms with Crippen molar-refractivity contribution in [3.8, 4) is 17.1 Å². The smallest absolute Gasteiger partial charge is 0.406 e. The van der Waals surface area contributed by atoms with E-state index in [2.05, 4.69) is 106 Å². The average Bonchev–Trinajstić information content (AvgIpc) is 3.67. The van der Waals surface area contributed by atoms with Crippen LogP contribution in [0.5, 0.6) is 5.75 Å². The highest BCUT2D eigenvalue weighted by atomic mass is 79.9. The minimum atomic E-state index is -4.69. The number of hydrogen-bond donors (Lipinski definition) is 0. The molecule has 0 amide bonds. The van der Waals surface area contributed by atoms with Crippen molar-refractivity contribution in [3.63, 3.8) is 0 Å². The first kappa shape index (κ1) is 43.2. The number of alkyl halides is 3. The molecule has 3 aliphatic heterocycles. The van der Waals surface area contributed by atoms with E-state index in [-0.39, 0.29) is 24.1 Å². The van der Waals surface area contributed by atoms with Gasteiger partial charge in [0.1, 0.15) is 30.6 Å². The molecule has 1 saturated heterocycles. The number of ether oxygens (including phenoxy) is 3. The normalized spacial score (nSPS) is 16.1. The van der Waals surface area contributed by atoms with Gasteiger partial charge in [0.25, 0.3) is 0 Å². The lowest BCUT2D eigenvalue weighted by atomic mass is 9.80. The van der Waals surface area contributed by atoms with Crippen LogP contribution >= 0.6 is 15.9 Å². The van der Waals surface area contributed by atoms with Crippen molar-refractivity contribution in [1.82, 2.24) is 29.5 Å². The summed E-state index contributed by atoms with van der Waals surface area (Å²) in [4.78, 5) is 0. The van der Waals surface area contributed by atoms with Gasteiger partial charge in [-0.3, -0.25) is 9.13 Å². The van der Waals surface area contributed by atoms with E-state index < -0.39 is 6.36 Å². The highest BCUT2D eigenvalue weighted by Gasteiger charge is 2.50.